The van der Waals surface area contributed by atoms with E-state index in [9.17, 15) is 4.21 Å². The normalized spacial score (nSPS) is 22.5. The van der Waals surface area contributed by atoms with Gasteiger partial charge >= 0.3 is 0 Å². The molecule has 0 radical (unpaired) electrons. The van der Waals surface area contributed by atoms with Crippen molar-refractivity contribution in [3.8, 4) is 0 Å². The third-order valence-corrected chi connectivity index (χ3v) is 3.17. The lowest BCUT2D eigenvalue weighted by Crippen LogP contribution is -2.21. The molecule has 1 saturated heterocycles. The quantitative estimate of drug-likeness (QED) is 0.546. The molecule has 0 spiro atoms. The van der Waals surface area contributed by atoms with Crippen LogP contribution in [0.3, 0.4) is 0 Å². The summed E-state index contributed by atoms with van der Waals surface area (Å²) in [6, 6.07) is 0. The van der Waals surface area contributed by atoms with Crippen molar-refractivity contribution in [3.05, 3.63) is 12.2 Å². The average Bonchev–Trinajstić information content (AvgIpc) is 2.08. The maximum absolute atomic E-state index is 11.0. The van der Waals surface area contributed by atoms with Gasteiger partial charge in [-0.15, -0.1) is 0 Å². The van der Waals surface area contributed by atoms with E-state index in [2.05, 4.69) is 17.1 Å². The van der Waals surface area contributed by atoms with E-state index in [1.54, 1.807) is 0 Å². The summed E-state index contributed by atoms with van der Waals surface area (Å²) in [6.45, 7) is 6.46. The molecule has 0 amide bonds. The standard InChI is InChI=1S/C9H16N2OS/c1-8(2)7-10-11-9-3-5-13(12)6-4-9/h10H,1,3-7H2,2H3. The van der Waals surface area contributed by atoms with Crippen molar-refractivity contribution in [3.63, 3.8) is 0 Å². The molecule has 0 saturated carbocycles. The molecule has 0 aliphatic carbocycles. The van der Waals surface area contributed by atoms with Gasteiger partial charge in [0.2, 0.25) is 0 Å². The van der Waals surface area contributed by atoms with Gasteiger partial charge in [0.1, 0.15) is 0 Å². The first-order valence-electron chi connectivity index (χ1n) is 4.46. The minimum atomic E-state index is -0.601. The van der Waals surface area contributed by atoms with E-state index in [0.717, 1.165) is 42.2 Å². The highest BCUT2D eigenvalue weighted by Crippen LogP contribution is 2.05. The highest BCUT2D eigenvalue weighted by atomic mass is 32.2. The molecule has 0 atom stereocenters. The van der Waals surface area contributed by atoms with Gasteiger partial charge in [0, 0.05) is 28.0 Å². The molecule has 0 aromatic rings. The van der Waals surface area contributed by atoms with E-state index in [1.165, 1.54) is 0 Å². The number of hydrogen-bond donors (Lipinski definition) is 1. The Morgan fingerprint density at radius 2 is 2.23 bits per heavy atom. The number of rotatable bonds is 3. The summed E-state index contributed by atoms with van der Waals surface area (Å²) >= 11 is 0. The van der Waals surface area contributed by atoms with E-state index in [1.807, 2.05) is 6.92 Å². The Morgan fingerprint density at radius 1 is 1.62 bits per heavy atom. The molecule has 0 aromatic heterocycles. The predicted octanol–water partition coefficient (Wildman–Crippen LogP) is 1.05. The summed E-state index contributed by atoms with van der Waals surface area (Å²) < 4.78 is 11.0. The first-order chi connectivity index (χ1) is 6.18. The third kappa shape index (κ3) is 4.22. The van der Waals surface area contributed by atoms with Gasteiger partial charge in [-0.25, -0.2) is 0 Å². The maximum atomic E-state index is 11.0. The molecule has 1 aliphatic rings. The molecular weight excluding hydrogens is 184 g/mol. The number of nitrogens with one attached hydrogen (secondary N) is 1. The van der Waals surface area contributed by atoms with Crippen LogP contribution in [-0.2, 0) is 10.8 Å². The molecule has 1 heterocycles. The van der Waals surface area contributed by atoms with Crippen molar-refractivity contribution in [2.75, 3.05) is 18.1 Å². The summed E-state index contributed by atoms with van der Waals surface area (Å²) in [7, 11) is -0.601. The topological polar surface area (TPSA) is 41.5 Å². The van der Waals surface area contributed by atoms with Crippen molar-refractivity contribution in [2.24, 2.45) is 5.10 Å². The lowest BCUT2D eigenvalue weighted by molar-refractivity contribution is 0.680. The van der Waals surface area contributed by atoms with E-state index in [4.69, 9.17) is 0 Å². The van der Waals surface area contributed by atoms with Crippen molar-refractivity contribution in [1.82, 2.24) is 5.43 Å². The summed E-state index contributed by atoms with van der Waals surface area (Å²) in [5, 5.41) is 4.23. The van der Waals surface area contributed by atoms with Crippen LogP contribution in [0.5, 0.6) is 0 Å². The van der Waals surface area contributed by atoms with Gasteiger partial charge in [-0.05, 0) is 19.8 Å². The van der Waals surface area contributed by atoms with Crippen molar-refractivity contribution < 1.29 is 4.21 Å². The molecule has 1 fully saturated rings. The second-order valence-electron chi connectivity index (χ2n) is 3.32. The third-order valence-electron chi connectivity index (χ3n) is 1.85. The summed E-state index contributed by atoms with van der Waals surface area (Å²) in [5.74, 6) is 1.54. The molecule has 1 rings (SSSR count). The van der Waals surface area contributed by atoms with Crippen LogP contribution in [-0.4, -0.2) is 28.0 Å². The first-order valence-corrected chi connectivity index (χ1v) is 5.95. The summed E-state index contributed by atoms with van der Waals surface area (Å²) in [6.07, 6.45) is 1.74. The molecule has 1 aliphatic heterocycles. The monoisotopic (exact) mass is 200 g/mol. The van der Waals surface area contributed by atoms with Crippen LogP contribution in [0.4, 0.5) is 0 Å². The van der Waals surface area contributed by atoms with Crippen LogP contribution in [0.15, 0.2) is 17.3 Å². The van der Waals surface area contributed by atoms with Gasteiger partial charge in [0.25, 0.3) is 0 Å². The number of nitrogens with zero attached hydrogens (tertiary/aromatic N) is 1. The van der Waals surface area contributed by atoms with Crippen molar-refractivity contribution >= 4 is 16.5 Å². The lowest BCUT2D eigenvalue weighted by atomic mass is 10.2. The Hall–Kier alpha value is -0.640. The fraction of sp³-hybridized carbons (Fsp3) is 0.667. The Kier molecular flexibility index (Phi) is 4.15. The Morgan fingerprint density at radius 3 is 2.77 bits per heavy atom. The van der Waals surface area contributed by atoms with Crippen LogP contribution in [0.2, 0.25) is 0 Å². The average molecular weight is 200 g/mol. The van der Waals surface area contributed by atoms with Gasteiger partial charge in [-0.3, -0.25) is 4.21 Å². The predicted molar refractivity (Wildman–Crippen MR) is 57.4 cm³/mol. The maximum Gasteiger partial charge on any atom is 0.0534 e. The van der Waals surface area contributed by atoms with E-state index in [-0.39, 0.29) is 0 Å². The molecule has 4 heteroatoms. The highest BCUT2D eigenvalue weighted by Gasteiger charge is 2.12. The summed E-state index contributed by atoms with van der Waals surface area (Å²) in [4.78, 5) is 0. The fourth-order valence-corrected chi connectivity index (χ4v) is 2.22. The second kappa shape index (κ2) is 5.17. The van der Waals surface area contributed by atoms with Gasteiger partial charge in [0.05, 0.1) is 6.54 Å². The van der Waals surface area contributed by atoms with Gasteiger partial charge in [0.15, 0.2) is 0 Å². The van der Waals surface area contributed by atoms with Crippen LogP contribution >= 0.6 is 0 Å². The lowest BCUT2D eigenvalue weighted by Gasteiger charge is -2.12. The largest absolute Gasteiger partial charge is 0.306 e. The molecule has 0 aromatic carbocycles. The van der Waals surface area contributed by atoms with E-state index >= 15 is 0 Å². The van der Waals surface area contributed by atoms with E-state index in [0.29, 0.717) is 0 Å². The van der Waals surface area contributed by atoms with Crippen molar-refractivity contribution in [1.29, 1.82) is 0 Å². The van der Waals surface area contributed by atoms with Gasteiger partial charge < -0.3 is 5.43 Å². The minimum Gasteiger partial charge on any atom is -0.306 e. The Balaban J connectivity index is 2.27. The zero-order valence-corrected chi connectivity index (χ0v) is 8.82. The number of hydrazone groups is 1. The zero-order valence-electron chi connectivity index (χ0n) is 8.01. The molecule has 1 N–H and O–H groups in total. The van der Waals surface area contributed by atoms with Crippen LogP contribution in [0.25, 0.3) is 0 Å². The molecule has 74 valence electrons. The zero-order chi connectivity index (χ0) is 9.68. The SMILES string of the molecule is C=C(C)CNN=C1CCS(=O)CC1. The molecule has 0 unspecified atom stereocenters. The molecule has 13 heavy (non-hydrogen) atoms. The van der Waals surface area contributed by atoms with E-state index < -0.39 is 10.8 Å². The Labute approximate surface area is 81.8 Å². The fourth-order valence-electron chi connectivity index (χ4n) is 1.09. The first kappa shape index (κ1) is 10.4. The molecular formula is C9H16N2OS. The smallest absolute Gasteiger partial charge is 0.0534 e. The minimum absolute atomic E-state index is 0.601. The van der Waals surface area contributed by atoms with Gasteiger partial charge in [-0.2, -0.15) is 5.10 Å². The second-order valence-corrected chi connectivity index (χ2v) is 5.01. The van der Waals surface area contributed by atoms with Gasteiger partial charge in [-0.1, -0.05) is 12.2 Å². The number of hydrogen-bond acceptors (Lipinski definition) is 3. The summed E-state index contributed by atoms with van der Waals surface area (Å²) in [5.41, 5.74) is 5.17. The highest BCUT2D eigenvalue weighted by molar-refractivity contribution is 7.85. The van der Waals surface area contributed by atoms with Crippen LogP contribution < -0.4 is 5.43 Å². The molecule has 3 nitrogen and oxygen atoms in total. The van der Waals surface area contributed by atoms with Crippen LogP contribution in [0, 0.1) is 0 Å². The van der Waals surface area contributed by atoms with Crippen molar-refractivity contribution in [2.45, 2.75) is 19.8 Å². The Bertz CT molecular complexity index is 236. The molecule has 0 bridgehead atoms. The van der Waals surface area contributed by atoms with Crippen LogP contribution in [0.1, 0.15) is 19.8 Å².